The van der Waals surface area contributed by atoms with E-state index in [1.807, 2.05) is 30.0 Å². The van der Waals surface area contributed by atoms with Gasteiger partial charge in [0, 0.05) is 29.4 Å². The second-order valence-corrected chi connectivity index (χ2v) is 7.48. The summed E-state index contributed by atoms with van der Waals surface area (Å²) in [7, 11) is 0. The molecule has 2 aromatic carbocycles. The number of nitrogens with one attached hydrogen (secondary N) is 1. The minimum absolute atomic E-state index is 0.153. The average molecular weight is 378 g/mol. The summed E-state index contributed by atoms with van der Waals surface area (Å²) in [4.78, 5) is 27.2. The number of ether oxygens (including phenoxy) is 1. The smallest absolute Gasteiger partial charge is 0.255 e. The molecule has 5 nitrogen and oxygen atoms in total. The van der Waals surface area contributed by atoms with E-state index in [1.54, 1.807) is 24.3 Å². The molecule has 2 aromatic rings. The van der Waals surface area contributed by atoms with Crippen molar-refractivity contribution in [2.45, 2.75) is 39.0 Å². The van der Waals surface area contributed by atoms with Crippen LogP contribution in [0.1, 0.15) is 48.5 Å². The van der Waals surface area contributed by atoms with Crippen LogP contribution in [0.15, 0.2) is 42.5 Å². The summed E-state index contributed by atoms with van der Waals surface area (Å²) in [6.07, 6.45) is 5.18. The van der Waals surface area contributed by atoms with Crippen molar-refractivity contribution in [3.8, 4) is 5.75 Å². The van der Waals surface area contributed by atoms with Crippen molar-refractivity contribution < 1.29 is 14.3 Å². The van der Waals surface area contributed by atoms with E-state index in [0.29, 0.717) is 12.2 Å². The van der Waals surface area contributed by atoms with Gasteiger partial charge in [0.05, 0.1) is 6.61 Å². The van der Waals surface area contributed by atoms with Gasteiger partial charge in [-0.25, -0.2) is 0 Å². The number of benzene rings is 2. The van der Waals surface area contributed by atoms with Crippen molar-refractivity contribution in [1.82, 2.24) is 0 Å². The number of nitrogens with zero attached hydrogens (tertiary/aromatic N) is 1. The fourth-order valence-corrected chi connectivity index (χ4v) is 4.17. The highest BCUT2D eigenvalue weighted by atomic mass is 16.5. The van der Waals surface area contributed by atoms with Gasteiger partial charge in [0.25, 0.3) is 5.91 Å². The molecule has 4 rings (SSSR count). The minimum Gasteiger partial charge on any atom is -0.494 e. The molecular weight excluding hydrogens is 352 g/mol. The maximum absolute atomic E-state index is 12.8. The van der Waals surface area contributed by atoms with Gasteiger partial charge < -0.3 is 15.0 Å². The van der Waals surface area contributed by atoms with Gasteiger partial charge in [0.2, 0.25) is 5.91 Å². The first-order valence-corrected chi connectivity index (χ1v) is 10.1. The predicted octanol–water partition coefficient (Wildman–Crippen LogP) is 4.42. The topological polar surface area (TPSA) is 58.6 Å². The van der Waals surface area contributed by atoms with Crippen molar-refractivity contribution in [3.05, 3.63) is 53.6 Å². The highest BCUT2D eigenvalue weighted by Gasteiger charge is 2.31. The molecule has 2 amide bonds. The SMILES string of the molecule is CCOc1ccc(C(=O)Nc2ccc3c(c2)CCN3C(=O)C2CCCC2)cc1. The number of hydrogen-bond donors (Lipinski definition) is 1. The number of carbonyl (C=O) groups is 2. The monoisotopic (exact) mass is 378 g/mol. The van der Waals surface area contributed by atoms with Crippen molar-refractivity contribution >= 4 is 23.2 Å². The molecule has 5 heteroatoms. The zero-order valence-corrected chi connectivity index (χ0v) is 16.2. The lowest BCUT2D eigenvalue weighted by molar-refractivity contribution is -0.122. The molecule has 1 aliphatic heterocycles. The molecule has 1 heterocycles. The van der Waals surface area contributed by atoms with Crippen LogP contribution < -0.4 is 15.0 Å². The molecule has 1 fully saturated rings. The minimum atomic E-state index is -0.153. The van der Waals surface area contributed by atoms with Gasteiger partial charge in [-0.2, -0.15) is 0 Å². The lowest BCUT2D eigenvalue weighted by atomic mass is 10.1. The molecule has 28 heavy (non-hydrogen) atoms. The first kappa shape index (κ1) is 18.5. The van der Waals surface area contributed by atoms with Gasteiger partial charge >= 0.3 is 0 Å². The van der Waals surface area contributed by atoms with Gasteiger partial charge in [-0.3, -0.25) is 9.59 Å². The third-order valence-corrected chi connectivity index (χ3v) is 5.63. The number of anilines is 2. The summed E-state index contributed by atoms with van der Waals surface area (Å²) < 4.78 is 5.41. The molecule has 1 N–H and O–H groups in total. The molecule has 0 spiro atoms. The zero-order chi connectivity index (χ0) is 19.5. The first-order valence-electron chi connectivity index (χ1n) is 10.1. The summed E-state index contributed by atoms with van der Waals surface area (Å²) in [6.45, 7) is 3.26. The van der Waals surface area contributed by atoms with Gasteiger partial charge in [-0.1, -0.05) is 12.8 Å². The van der Waals surface area contributed by atoms with E-state index in [-0.39, 0.29) is 17.7 Å². The van der Waals surface area contributed by atoms with E-state index < -0.39 is 0 Å². The van der Waals surface area contributed by atoms with Crippen molar-refractivity contribution in [1.29, 1.82) is 0 Å². The van der Waals surface area contributed by atoms with E-state index in [1.165, 1.54) is 0 Å². The van der Waals surface area contributed by atoms with E-state index in [0.717, 1.165) is 61.3 Å². The second-order valence-electron chi connectivity index (χ2n) is 7.48. The summed E-state index contributed by atoms with van der Waals surface area (Å²) in [5, 5.41) is 2.96. The van der Waals surface area contributed by atoms with Crippen LogP contribution >= 0.6 is 0 Å². The Hall–Kier alpha value is -2.82. The van der Waals surface area contributed by atoms with Crippen molar-refractivity contribution in [3.63, 3.8) is 0 Å². The van der Waals surface area contributed by atoms with Gasteiger partial charge in [-0.05, 0) is 74.2 Å². The number of fused-ring (bicyclic) bond motifs is 1. The van der Waals surface area contributed by atoms with Gasteiger partial charge in [0.1, 0.15) is 5.75 Å². The van der Waals surface area contributed by atoms with Gasteiger partial charge in [0.15, 0.2) is 0 Å². The quantitative estimate of drug-likeness (QED) is 0.838. The van der Waals surface area contributed by atoms with Crippen molar-refractivity contribution in [2.24, 2.45) is 5.92 Å². The fourth-order valence-electron chi connectivity index (χ4n) is 4.17. The van der Waals surface area contributed by atoms with Crippen LogP contribution in [0.5, 0.6) is 5.75 Å². The number of amides is 2. The van der Waals surface area contributed by atoms with Crippen LogP contribution in [-0.4, -0.2) is 25.0 Å². The van der Waals surface area contributed by atoms with Crippen LogP contribution in [0.2, 0.25) is 0 Å². The first-order chi connectivity index (χ1) is 13.7. The predicted molar refractivity (Wildman–Crippen MR) is 110 cm³/mol. The number of rotatable bonds is 5. The molecule has 146 valence electrons. The zero-order valence-electron chi connectivity index (χ0n) is 16.2. The molecular formula is C23H26N2O3. The lowest BCUT2D eigenvalue weighted by Crippen LogP contribution is -2.33. The Balaban J connectivity index is 1.44. The van der Waals surface area contributed by atoms with Crippen LogP contribution in [0, 0.1) is 5.92 Å². The van der Waals surface area contributed by atoms with Gasteiger partial charge in [-0.15, -0.1) is 0 Å². The third kappa shape index (κ3) is 3.75. The molecule has 1 aliphatic carbocycles. The number of carbonyl (C=O) groups excluding carboxylic acids is 2. The molecule has 2 aliphatic rings. The van der Waals surface area contributed by atoms with E-state index in [9.17, 15) is 9.59 Å². The molecule has 0 radical (unpaired) electrons. The molecule has 0 bridgehead atoms. The van der Waals surface area contributed by atoms with Crippen molar-refractivity contribution in [2.75, 3.05) is 23.4 Å². The standard InChI is InChI=1S/C23H26N2O3/c1-2-28-20-10-7-16(8-11-20)22(26)24-19-9-12-21-18(15-19)13-14-25(21)23(27)17-5-3-4-6-17/h7-12,15,17H,2-6,13-14H2,1H3,(H,24,26). The van der Waals surface area contributed by atoms with Crippen LogP contribution in [0.3, 0.4) is 0 Å². The van der Waals surface area contributed by atoms with Crippen LogP contribution in [0.25, 0.3) is 0 Å². The maximum atomic E-state index is 12.8. The highest BCUT2D eigenvalue weighted by Crippen LogP contribution is 2.35. The lowest BCUT2D eigenvalue weighted by Gasteiger charge is -2.21. The highest BCUT2D eigenvalue weighted by molar-refractivity contribution is 6.05. The molecule has 0 unspecified atom stereocenters. The van der Waals surface area contributed by atoms with Crippen LogP contribution in [0.4, 0.5) is 11.4 Å². The third-order valence-electron chi connectivity index (χ3n) is 5.63. The summed E-state index contributed by atoms with van der Waals surface area (Å²) in [5.74, 6) is 1.05. The molecule has 0 aromatic heterocycles. The Kier molecular flexibility index (Phi) is 5.33. The van der Waals surface area contributed by atoms with E-state index in [2.05, 4.69) is 5.32 Å². The maximum Gasteiger partial charge on any atom is 0.255 e. The number of hydrogen-bond acceptors (Lipinski definition) is 3. The van der Waals surface area contributed by atoms with Crippen LogP contribution in [-0.2, 0) is 11.2 Å². The fraction of sp³-hybridized carbons (Fsp3) is 0.391. The molecule has 0 atom stereocenters. The Morgan fingerprint density at radius 1 is 1.11 bits per heavy atom. The Morgan fingerprint density at radius 3 is 2.57 bits per heavy atom. The Morgan fingerprint density at radius 2 is 1.86 bits per heavy atom. The van der Waals surface area contributed by atoms with E-state index >= 15 is 0 Å². The molecule has 0 saturated heterocycles. The average Bonchev–Trinajstić information content (AvgIpc) is 3.38. The molecule has 1 saturated carbocycles. The Labute approximate surface area is 165 Å². The summed E-state index contributed by atoms with van der Waals surface area (Å²) >= 11 is 0. The second kappa shape index (κ2) is 8.05. The van der Waals surface area contributed by atoms with E-state index in [4.69, 9.17) is 4.74 Å². The normalized spacial score (nSPS) is 16.1. The Bertz CT molecular complexity index is 870. The summed E-state index contributed by atoms with van der Waals surface area (Å²) in [6, 6.07) is 12.9. The summed E-state index contributed by atoms with van der Waals surface area (Å²) in [5.41, 5.74) is 3.46. The largest absolute Gasteiger partial charge is 0.494 e.